The van der Waals surface area contributed by atoms with Crippen molar-refractivity contribution < 1.29 is 8.78 Å². The van der Waals surface area contributed by atoms with E-state index in [1.54, 1.807) is 0 Å². The summed E-state index contributed by atoms with van der Waals surface area (Å²) >= 11 is 0. The second-order valence-electron chi connectivity index (χ2n) is 3.32. The molecular weight excluding hydrogens is 184 g/mol. The highest BCUT2D eigenvalue weighted by atomic mass is 19.3. The Morgan fingerprint density at radius 3 is 2.29 bits per heavy atom. The molecule has 1 unspecified atom stereocenters. The van der Waals surface area contributed by atoms with E-state index in [4.69, 9.17) is 5.73 Å². The minimum absolute atomic E-state index is 0.252. The highest BCUT2D eigenvalue weighted by molar-refractivity contribution is 5.27. The van der Waals surface area contributed by atoms with E-state index in [0.717, 1.165) is 17.5 Å². The van der Waals surface area contributed by atoms with Crippen molar-refractivity contribution >= 4 is 0 Å². The molecular formula is C11H15F2N. The first-order valence-electron chi connectivity index (χ1n) is 4.75. The normalized spacial score (nSPS) is 13.2. The number of hydrogen-bond donors (Lipinski definition) is 1. The summed E-state index contributed by atoms with van der Waals surface area (Å²) in [6, 6.07) is 6.53. The average Bonchev–Trinajstić information content (AvgIpc) is 2.18. The van der Waals surface area contributed by atoms with Crippen LogP contribution in [0.5, 0.6) is 0 Å². The van der Waals surface area contributed by atoms with Crippen molar-refractivity contribution in [2.24, 2.45) is 5.73 Å². The molecule has 1 aromatic rings. The molecule has 1 rings (SSSR count). The van der Waals surface area contributed by atoms with Crippen LogP contribution in [0.4, 0.5) is 8.78 Å². The summed E-state index contributed by atoms with van der Waals surface area (Å²) in [6.07, 6.45) is -1.34. The first-order chi connectivity index (χ1) is 6.65. The monoisotopic (exact) mass is 199 g/mol. The van der Waals surface area contributed by atoms with Crippen LogP contribution in [0.3, 0.4) is 0 Å². The number of nitrogens with two attached hydrogens (primary N) is 1. The van der Waals surface area contributed by atoms with Gasteiger partial charge in [-0.2, -0.15) is 0 Å². The predicted molar refractivity (Wildman–Crippen MR) is 53.5 cm³/mol. The summed E-state index contributed by atoms with van der Waals surface area (Å²) in [6.45, 7) is 2.01. The molecule has 0 radical (unpaired) electrons. The van der Waals surface area contributed by atoms with Gasteiger partial charge in [0, 0.05) is 0 Å². The second-order valence-corrected chi connectivity index (χ2v) is 3.32. The van der Waals surface area contributed by atoms with Gasteiger partial charge in [-0.05, 0) is 24.0 Å². The first kappa shape index (κ1) is 11.1. The van der Waals surface area contributed by atoms with Gasteiger partial charge in [0.1, 0.15) is 0 Å². The van der Waals surface area contributed by atoms with Gasteiger partial charge in [-0.15, -0.1) is 0 Å². The van der Waals surface area contributed by atoms with Crippen molar-refractivity contribution in [3.63, 3.8) is 0 Å². The van der Waals surface area contributed by atoms with Gasteiger partial charge in [0.15, 0.2) is 0 Å². The van der Waals surface area contributed by atoms with Crippen molar-refractivity contribution in [2.75, 3.05) is 0 Å². The molecule has 0 aromatic heterocycles. The lowest BCUT2D eigenvalue weighted by atomic mass is 9.99. The molecule has 0 aliphatic carbocycles. The molecule has 3 heteroatoms. The van der Waals surface area contributed by atoms with Crippen LogP contribution in [0.25, 0.3) is 0 Å². The Balaban J connectivity index is 2.75. The molecule has 1 aromatic carbocycles. The number of benzene rings is 1. The van der Waals surface area contributed by atoms with Gasteiger partial charge >= 0.3 is 0 Å². The fourth-order valence-electron chi connectivity index (χ4n) is 1.44. The topological polar surface area (TPSA) is 26.0 Å². The third-order valence-corrected chi connectivity index (χ3v) is 2.28. The fraction of sp³-hybridized carbons (Fsp3) is 0.455. The number of alkyl halides is 2. The maximum atomic E-state index is 12.2. The maximum absolute atomic E-state index is 12.2. The molecule has 0 saturated heterocycles. The Labute approximate surface area is 82.9 Å². The number of hydrogen-bond acceptors (Lipinski definition) is 1. The van der Waals surface area contributed by atoms with Gasteiger partial charge in [0.2, 0.25) is 0 Å². The molecule has 0 saturated carbocycles. The van der Waals surface area contributed by atoms with E-state index in [2.05, 4.69) is 0 Å². The van der Waals surface area contributed by atoms with Crippen molar-refractivity contribution in [3.8, 4) is 0 Å². The Morgan fingerprint density at radius 2 is 1.79 bits per heavy atom. The predicted octanol–water partition coefficient (Wildman–Crippen LogP) is 2.38. The van der Waals surface area contributed by atoms with Crippen LogP contribution in [-0.4, -0.2) is 12.5 Å². The minimum Gasteiger partial charge on any atom is -0.323 e. The Kier molecular flexibility index (Phi) is 4.01. The minimum atomic E-state index is -2.44. The van der Waals surface area contributed by atoms with E-state index in [9.17, 15) is 8.78 Å². The molecule has 2 N–H and O–H groups in total. The van der Waals surface area contributed by atoms with Gasteiger partial charge in [0.05, 0.1) is 6.04 Å². The zero-order valence-corrected chi connectivity index (χ0v) is 8.21. The van der Waals surface area contributed by atoms with Gasteiger partial charge in [0.25, 0.3) is 6.43 Å². The lowest BCUT2D eigenvalue weighted by molar-refractivity contribution is 0.116. The lowest BCUT2D eigenvalue weighted by Crippen LogP contribution is -2.31. The van der Waals surface area contributed by atoms with E-state index >= 15 is 0 Å². The van der Waals surface area contributed by atoms with Crippen LogP contribution in [-0.2, 0) is 12.8 Å². The molecule has 0 bridgehead atoms. The van der Waals surface area contributed by atoms with Crippen LogP contribution < -0.4 is 5.73 Å². The van der Waals surface area contributed by atoms with Crippen LogP contribution in [0, 0.1) is 0 Å². The molecule has 0 aliphatic rings. The largest absolute Gasteiger partial charge is 0.323 e. The average molecular weight is 199 g/mol. The summed E-state index contributed by atoms with van der Waals surface area (Å²) in [5.74, 6) is 0. The summed E-state index contributed by atoms with van der Waals surface area (Å²) < 4.78 is 24.4. The van der Waals surface area contributed by atoms with Gasteiger partial charge in [-0.1, -0.05) is 31.2 Å². The zero-order valence-electron chi connectivity index (χ0n) is 8.21. The number of aryl methyl sites for hydroxylation is 1. The molecule has 78 valence electrons. The Bertz CT molecular complexity index is 286. The smallest absolute Gasteiger partial charge is 0.253 e. The van der Waals surface area contributed by atoms with Gasteiger partial charge in [-0.3, -0.25) is 0 Å². The van der Waals surface area contributed by atoms with E-state index in [-0.39, 0.29) is 6.42 Å². The summed E-state index contributed by atoms with van der Waals surface area (Å²) in [4.78, 5) is 0. The third kappa shape index (κ3) is 2.77. The highest BCUT2D eigenvalue weighted by Crippen LogP contribution is 2.13. The summed E-state index contributed by atoms with van der Waals surface area (Å²) in [5.41, 5.74) is 7.36. The van der Waals surface area contributed by atoms with E-state index < -0.39 is 12.5 Å². The maximum Gasteiger partial charge on any atom is 0.253 e. The van der Waals surface area contributed by atoms with E-state index in [0.29, 0.717) is 0 Å². The molecule has 0 heterocycles. The summed E-state index contributed by atoms with van der Waals surface area (Å²) in [5, 5.41) is 0. The lowest BCUT2D eigenvalue weighted by Gasteiger charge is -2.12. The van der Waals surface area contributed by atoms with Crippen LogP contribution in [0.1, 0.15) is 18.1 Å². The van der Waals surface area contributed by atoms with Crippen LogP contribution in [0.2, 0.25) is 0 Å². The first-order valence-corrected chi connectivity index (χ1v) is 4.75. The molecule has 1 atom stereocenters. The second kappa shape index (κ2) is 5.05. The Morgan fingerprint density at radius 1 is 1.21 bits per heavy atom. The molecule has 1 nitrogen and oxygen atoms in total. The molecule has 0 amide bonds. The van der Waals surface area contributed by atoms with Crippen molar-refractivity contribution in [3.05, 3.63) is 35.4 Å². The van der Waals surface area contributed by atoms with Crippen LogP contribution >= 0.6 is 0 Å². The van der Waals surface area contributed by atoms with Crippen molar-refractivity contribution in [1.29, 1.82) is 0 Å². The van der Waals surface area contributed by atoms with Crippen molar-refractivity contribution in [2.45, 2.75) is 32.2 Å². The molecule has 14 heavy (non-hydrogen) atoms. The van der Waals surface area contributed by atoms with Gasteiger partial charge < -0.3 is 5.73 Å². The quantitative estimate of drug-likeness (QED) is 0.791. The Hall–Kier alpha value is -0.960. The summed E-state index contributed by atoms with van der Waals surface area (Å²) in [7, 11) is 0. The number of halogens is 2. The fourth-order valence-corrected chi connectivity index (χ4v) is 1.44. The van der Waals surface area contributed by atoms with Gasteiger partial charge in [-0.25, -0.2) is 8.78 Å². The third-order valence-electron chi connectivity index (χ3n) is 2.28. The van der Waals surface area contributed by atoms with E-state index in [1.807, 2.05) is 31.2 Å². The standard InChI is InChI=1S/C11H15F2N/c1-2-8-5-3-4-6-9(8)7-10(14)11(12)13/h3-6,10-11H,2,7,14H2,1H3. The van der Waals surface area contributed by atoms with E-state index in [1.165, 1.54) is 0 Å². The zero-order chi connectivity index (χ0) is 10.6. The number of rotatable bonds is 4. The van der Waals surface area contributed by atoms with Crippen molar-refractivity contribution in [1.82, 2.24) is 0 Å². The molecule has 0 spiro atoms. The molecule has 0 fully saturated rings. The highest BCUT2D eigenvalue weighted by Gasteiger charge is 2.16. The molecule has 0 aliphatic heterocycles. The van der Waals surface area contributed by atoms with Crippen LogP contribution in [0.15, 0.2) is 24.3 Å². The SMILES string of the molecule is CCc1ccccc1CC(N)C(F)F.